The van der Waals surface area contributed by atoms with Crippen LogP contribution in [0.25, 0.3) is 0 Å². The van der Waals surface area contributed by atoms with E-state index >= 15 is 0 Å². The summed E-state index contributed by atoms with van der Waals surface area (Å²) in [5, 5.41) is 0. The molecule has 0 fully saturated rings. The van der Waals surface area contributed by atoms with Crippen LogP contribution >= 0.6 is 7.91 Å². The minimum atomic E-state index is -4.94. The molecule has 1 atom stereocenters. The van der Waals surface area contributed by atoms with Crippen LogP contribution < -0.4 is 0 Å². The van der Waals surface area contributed by atoms with Gasteiger partial charge in [-0.25, -0.2) is 0 Å². The Labute approximate surface area is 46.0 Å². The maximum absolute atomic E-state index is 11.1. The number of hydrogen-bond donors (Lipinski definition) is 1. The van der Waals surface area contributed by atoms with Gasteiger partial charge in [0.2, 0.25) is 0 Å². The second-order valence-corrected chi connectivity index (χ2v) is 2.67. The molecule has 1 N–H and O–H groups in total. The zero-order valence-corrected chi connectivity index (χ0v) is 5.24. The van der Waals surface area contributed by atoms with Crippen LogP contribution in [0.2, 0.25) is 0 Å². The van der Waals surface area contributed by atoms with Crippen LogP contribution in [0.5, 0.6) is 0 Å². The van der Waals surface area contributed by atoms with Crippen molar-refractivity contribution in [1.29, 1.82) is 0 Å². The van der Waals surface area contributed by atoms with Crippen LogP contribution in [0, 0.1) is 0 Å². The molecule has 0 bridgehead atoms. The third-order valence-corrected chi connectivity index (χ3v) is 1.66. The van der Waals surface area contributed by atoms with Gasteiger partial charge in [0.05, 0.1) is 0 Å². The monoisotopic (exact) mass is 166 g/mol. The summed E-state index contributed by atoms with van der Waals surface area (Å²) in [5.74, 6) is 0. The van der Waals surface area contributed by atoms with E-state index in [-0.39, 0.29) is 0 Å². The predicted octanol–water partition coefficient (Wildman–Crippen LogP) is 0.416. The van der Waals surface area contributed by atoms with E-state index in [1.165, 1.54) is 0 Å². The Morgan fingerprint density at radius 3 is 2.29 bits per heavy atom. The third kappa shape index (κ3) is 6.46. The van der Waals surface area contributed by atoms with E-state index in [0.717, 1.165) is 0 Å². The Bertz CT molecular complexity index is 104. The van der Waals surface area contributed by atoms with Gasteiger partial charge in [-0.2, -0.15) is 0 Å². The summed E-state index contributed by atoms with van der Waals surface area (Å²) in [7, 11) is -4.94. The topological polar surface area (TPSA) is 63.6 Å². The maximum atomic E-state index is 11.1. The molecule has 4 nitrogen and oxygen atoms in total. The first kappa shape index (κ1) is 7.46. The molecule has 7 heteroatoms. The van der Waals surface area contributed by atoms with Crippen molar-refractivity contribution in [1.82, 2.24) is 0 Å². The van der Waals surface area contributed by atoms with Gasteiger partial charge < -0.3 is 0 Å². The van der Waals surface area contributed by atoms with Crippen molar-refractivity contribution in [3.63, 3.8) is 0 Å². The molecule has 0 aliphatic rings. The zero-order valence-electron chi connectivity index (χ0n) is 2.94. The fourth-order valence-corrected chi connectivity index (χ4v) is 0.509. The fourth-order valence-electron chi connectivity index (χ4n) is 0.0411. The van der Waals surface area contributed by atoms with Gasteiger partial charge in [-0.05, 0) is 0 Å². The third-order valence-electron chi connectivity index (χ3n) is 0.134. The van der Waals surface area contributed by atoms with Gasteiger partial charge in [-0.1, -0.05) is 0 Å². The van der Waals surface area contributed by atoms with Gasteiger partial charge in [0, 0.05) is 0 Å². The molecule has 42 valence electrons. The first-order valence-electron chi connectivity index (χ1n) is 1.10. The minimum absolute atomic E-state index is 2.00. The molecule has 0 aliphatic heterocycles. The molecule has 7 heavy (non-hydrogen) atoms. The second kappa shape index (κ2) is 2.69. The summed E-state index contributed by atoms with van der Waals surface area (Å²) in [5.41, 5.74) is 0. The van der Waals surface area contributed by atoms with E-state index in [4.69, 9.17) is 4.89 Å². The van der Waals surface area contributed by atoms with E-state index < -0.39 is 24.5 Å². The van der Waals surface area contributed by atoms with Gasteiger partial charge in [0.15, 0.2) is 0 Å². The molecule has 0 saturated heterocycles. The summed E-state index contributed by atoms with van der Waals surface area (Å²) < 4.78 is 32.9. The normalized spacial score (nSPS) is 18.0. The Balaban J connectivity index is 3.57. The fraction of sp³-hybridized carbons (Fsp3) is 0. The molecule has 0 aromatic heterocycles. The molecular weight excluding hydrogens is 165 g/mol. The van der Waals surface area contributed by atoms with Crippen molar-refractivity contribution in [2.24, 2.45) is 0 Å². The number of hydrogen-bond acceptors (Lipinski definition) is 3. The van der Waals surface area contributed by atoms with Crippen LogP contribution in [0.1, 0.15) is 0 Å². The molecule has 0 heterocycles. The Morgan fingerprint density at radius 2 is 2.29 bits per heavy atom. The standard InChI is InChI=1S/FH2O3P.O.V/c1-5(2,3)4;;/h(H2,2,3,4);;/q;;+1/p-1. The predicted molar refractivity (Wildman–Crippen MR) is 12.7 cm³/mol. The Morgan fingerprint density at radius 1 is 1.86 bits per heavy atom. The van der Waals surface area contributed by atoms with Crippen molar-refractivity contribution in [2.75, 3.05) is 0 Å². The van der Waals surface area contributed by atoms with E-state index in [2.05, 4.69) is 3.45 Å². The van der Waals surface area contributed by atoms with Gasteiger partial charge in [-0.3, -0.25) is 0 Å². The van der Waals surface area contributed by atoms with Crippen LogP contribution in [0.15, 0.2) is 0 Å². The molecule has 1 unspecified atom stereocenters. The molecule has 0 aromatic rings. The van der Waals surface area contributed by atoms with E-state index in [0.29, 0.717) is 0 Å². The molecular formula is HFO4PV. The Hall–Kier alpha value is 0.464. The van der Waals surface area contributed by atoms with Crippen molar-refractivity contribution in [2.45, 2.75) is 0 Å². The second-order valence-electron chi connectivity index (χ2n) is 0.608. The Kier molecular flexibility index (Phi) is 2.87. The molecule has 0 spiro atoms. The molecule has 0 aromatic carbocycles. The van der Waals surface area contributed by atoms with Crippen LogP contribution in [0.4, 0.5) is 4.20 Å². The van der Waals surface area contributed by atoms with E-state index in [9.17, 15) is 12.4 Å². The average molecular weight is 166 g/mol. The summed E-state index contributed by atoms with van der Waals surface area (Å²) in [6.07, 6.45) is 0. The molecule has 0 saturated carbocycles. The molecule has 0 amide bonds. The quantitative estimate of drug-likeness (QED) is 0.603. The van der Waals surface area contributed by atoms with E-state index in [1.54, 1.807) is 0 Å². The van der Waals surface area contributed by atoms with Crippen molar-refractivity contribution in [3.05, 3.63) is 0 Å². The van der Waals surface area contributed by atoms with Crippen molar-refractivity contribution >= 4 is 7.91 Å². The van der Waals surface area contributed by atoms with Gasteiger partial charge in [0.1, 0.15) is 0 Å². The van der Waals surface area contributed by atoms with E-state index in [1.807, 2.05) is 0 Å². The molecule has 0 aliphatic carbocycles. The number of rotatable bonds is 2. The first-order valence-corrected chi connectivity index (χ1v) is 3.71. The van der Waals surface area contributed by atoms with Crippen LogP contribution in [0.3, 0.4) is 0 Å². The van der Waals surface area contributed by atoms with Crippen LogP contribution in [-0.2, 0) is 28.3 Å². The first-order chi connectivity index (χ1) is 3.06. The van der Waals surface area contributed by atoms with Crippen molar-refractivity contribution in [3.8, 4) is 0 Å². The van der Waals surface area contributed by atoms with Gasteiger partial charge >= 0.3 is 45.3 Å². The number of halogens is 1. The van der Waals surface area contributed by atoms with Crippen molar-refractivity contribution < 1.29 is 37.4 Å². The summed E-state index contributed by atoms with van der Waals surface area (Å²) in [6, 6.07) is 0. The van der Waals surface area contributed by atoms with Gasteiger partial charge in [-0.15, -0.1) is 0 Å². The van der Waals surface area contributed by atoms with Crippen LogP contribution in [-0.4, -0.2) is 4.89 Å². The molecule has 0 rings (SSSR count). The summed E-state index contributed by atoms with van der Waals surface area (Å²) in [6.45, 7) is 0. The summed E-state index contributed by atoms with van der Waals surface area (Å²) >= 11 is -2.00. The average Bonchev–Trinajstić information content (AvgIpc) is 1.30. The molecule has 0 radical (unpaired) electrons. The van der Waals surface area contributed by atoms with Gasteiger partial charge in [0.25, 0.3) is 0 Å². The zero-order chi connectivity index (χ0) is 5.91. The summed E-state index contributed by atoms with van der Waals surface area (Å²) in [4.78, 5) is 7.51. The SMILES string of the molecule is [O]=[V][O]P(=O)(O)F.